The van der Waals surface area contributed by atoms with Crippen molar-refractivity contribution in [2.45, 2.75) is 4.90 Å². The Morgan fingerprint density at radius 1 is 1.08 bits per heavy atom. The van der Waals surface area contributed by atoms with Gasteiger partial charge >= 0.3 is 0 Å². The molecule has 2 heterocycles. The number of nitro groups is 1. The summed E-state index contributed by atoms with van der Waals surface area (Å²) in [7, 11) is 0. The lowest BCUT2D eigenvalue weighted by molar-refractivity contribution is -0.384. The molecule has 0 unspecified atom stereocenters. The van der Waals surface area contributed by atoms with Crippen molar-refractivity contribution in [3.8, 4) is 0 Å². The first-order chi connectivity index (χ1) is 12.5. The summed E-state index contributed by atoms with van der Waals surface area (Å²) in [6.45, 7) is 1.95. The number of rotatable bonds is 5. The quantitative estimate of drug-likeness (QED) is 0.452. The topological polar surface area (TPSA) is 96.9 Å². The summed E-state index contributed by atoms with van der Waals surface area (Å²) in [5.41, 5.74) is 0.539. The van der Waals surface area contributed by atoms with Gasteiger partial charge in [-0.2, -0.15) is 0 Å². The summed E-state index contributed by atoms with van der Waals surface area (Å²) in [5, 5.41) is 10.6. The minimum Gasteiger partial charge on any atom is -0.472 e. The number of carbonyl (C=O) groups is 2. The molecule has 1 aromatic heterocycles. The first-order valence-corrected chi connectivity index (χ1v) is 8.99. The van der Waals surface area contributed by atoms with Gasteiger partial charge in [0.15, 0.2) is 0 Å². The highest BCUT2D eigenvalue weighted by atomic mass is 32.2. The average molecular weight is 375 g/mol. The first-order valence-electron chi connectivity index (χ1n) is 8.01. The van der Waals surface area contributed by atoms with E-state index in [1.165, 1.54) is 36.4 Å². The number of carbonyl (C=O) groups excluding carboxylic acids is 2. The number of hydrogen-bond donors (Lipinski definition) is 0. The van der Waals surface area contributed by atoms with Crippen LogP contribution >= 0.6 is 11.8 Å². The van der Waals surface area contributed by atoms with Crippen LogP contribution in [0.1, 0.15) is 10.4 Å². The van der Waals surface area contributed by atoms with Gasteiger partial charge in [0.05, 0.1) is 22.5 Å². The minimum absolute atomic E-state index is 0.0104. The monoisotopic (exact) mass is 375 g/mol. The molecule has 1 aromatic carbocycles. The molecule has 2 amide bonds. The van der Waals surface area contributed by atoms with Gasteiger partial charge in [0, 0.05) is 43.2 Å². The van der Waals surface area contributed by atoms with Crippen LogP contribution in [0, 0.1) is 10.1 Å². The second-order valence-electron chi connectivity index (χ2n) is 5.72. The summed E-state index contributed by atoms with van der Waals surface area (Å²) in [6.07, 6.45) is 2.88. The maximum atomic E-state index is 12.3. The highest BCUT2D eigenvalue weighted by molar-refractivity contribution is 8.00. The lowest BCUT2D eigenvalue weighted by atomic mass is 10.2. The van der Waals surface area contributed by atoms with Crippen LogP contribution in [0.2, 0.25) is 0 Å². The van der Waals surface area contributed by atoms with Gasteiger partial charge in [-0.1, -0.05) is 0 Å². The summed E-state index contributed by atoms with van der Waals surface area (Å²) < 4.78 is 4.93. The van der Waals surface area contributed by atoms with Crippen molar-refractivity contribution in [3.63, 3.8) is 0 Å². The van der Waals surface area contributed by atoms with Crippen molar-refractivity contribution in [1.29, 1.82) is 0 Å². The van der Waals surface area contributed by atoms with Gasteiger partial charge in [-0.15, -0.1) is 11.8 Å². The van der Waals surface area contributed by atoms with Crippen molar-refractivity contribution in [2.75, 3.05) is 31.9 Å². The lowest BCUT2D eigenvalue weighted by Crippen LogP contribution is -2.51. The molecule has 8 nitrogen and oxygen atoms in total. The van der Waals surface area contributed by atoms with Gasteiger partial charge in [-0.3, -0.25) is 19.7 Å². The number of amides is 2. The highest BCUT2D eigenvalue weighted by Gasteiger charge is 2.25. The Bertz CT molecular complexity index is 783. The third kappa shape index (κ3) is 4.23. The van der Waals surface area contributed by atoms with E-state index in [0.717, 1.165) is 4.90 Å². The molecule has 26 heavy (non-hydrogen) atoms. The van der Waals surface area contributed by atoms with Gasteiger partial charge < -0.3 is 14.2 Å². The molecule has 0 saturated carbocycles. The Balaban J connectivity index is 1.46. The van der Waals surface area contributed by atoms with Crippen LogP contribution in [0.15, 0.2) is 52.2 Å². The number of non-ortho nitro benzene ring substituents is 1. The zero-order valence-electron chi connectivity index (χ0n) is 13.9. The number of hydrogen-bond acceptors (Lipinski definition) is 6. The van der Waals surface area contributed by atoms with E-state index in [2.05, 4.69) is 0 Å². The SMILES string of the molecule is O=C(CSc1ccc([N+](=O)[O-])cc1)N1CCN(C(=O)c2ccoc2)CC1. The van der Waals surface area contributed by atoms with E-state index in [1.807, 2.05) is 0 Å². The molecule has 1 saturated heterocycles. The van der Waals surface area contributed by atoms with Crippen LogP contribution in [0.5, 0.6) is 0 Å². The van der Waals surface area contributed by atoms with E-state index < -0.39 is 4.92 Å². The largest absolute Gasteiger partial charge is 0.472 e. The zero-order valence-corrected chi connectivity index (χ0v) is 14.7. The van der Waals surface area contributed by atoms with E-state index in [-0.39, 0.29) is 23.3 Å². The van der Waals surface area contributed by atoms with Crippen LogP contribution in [-0.2, 0) is 4.79 Å². The van der Waals surface area contributed by atoms with Crippen LogP contribution < -0.4 is 0 Å². The molecule has 0 radical (unpaired) electrons. The molecule has 0 bridgehead atoms. The third-order valence-electron chi connectivity index (χ3n) is 4.10. The Morgan fingerprint density at radius 2 is 1.73 bits per heavy atom. The fraction of sp³-hybridized carbons (Fsp3) is 0.294. The van der Waals surface area contributed by atoms with Gasteiger partial charge in [-0.05, 0) is 18.2 Å². The number of thioether (sulfide) groups is 1. The maximum Gasteiger partial charge on any atom is 0.269 e. The summed E-state index contributed by atoms with van der Waals surface area (Å²) >= 11 is 1.34. The van der Waals surface area contributed by atoms with Crippen LogP contribution in [0.25, 0.3) is 0 Å². The Morgan fingerprint density at radius 3 is 2.31 bits per heavy atom. The van der Waals surface area contributed by atoms with Crippen molar-refractivity contribution in [1.82, 2.24) is 9.80 Å². The first kappa shape index (κ1) is 18.0. The molecular formula is C17H17N3O5S. The summed E-state index contributed by atoms with van der Waals surface area (Å²) in [4.78, 5) is 39.0. The second kappa shape index (κ2) is 8.05. The van der Waals surface area contributed by atoms with E-state index in [9.17, 15) is 19.7 Å². The molecule has 9 heteroatoms. The van der Waals surface area contributed by atoms with Crippen molar-refractivity contribution in [3.05, 3.63) is 58.5 Å². The molecule has 2 aromatic rings. The predicted octanol–water partition coefficient (Wildman–Crippen LogP) is 2.26. The number of piperazine rings is 1. The fourth-order valence-corrected chi connectivity index (χ4v) is 3.43. The molecule has 0 N–H and O–H groups in total. The number of furan rings is 1. The smallest absolute Gasteiger partial charge is 0.269 e. The van der Waals surface area contributed by atoms with Gasteiger partial charge in [0.25, 0.3) is 11.6 Å². The third-order valence-corrected chi connectivity index (χ3v) is 5.09. The zero-order chi connectivity index (χ0) is 18.5. The number of benzene rings is 1. The van der Waals surface area contributed by atoms with Crippen LogP contribution in [0.3, 0.4) is 0 Å². The molecule has 0 atom stereocenters. The molecule has 0 spiro atoms. The molecular weight excluding hydrogens is 358 g/mol. The van der Waals surface area contributed by atoms with E-state index in [1.54, 1.807) is 28.0 Å². The van der Waals surface area contributed by atoms with E-state index in [4.69, 9.17) is 4.42 Å². The number of nitrogens with zero attached hydrogens (tertiary/aromatic N) is 3. The van der Waals surface area contributed by atoms with Crippen LogP contribution in [-0.4, -0.2) is 58.5 Å². The minimum atomic E-state index is -0.454. The molecule has 1 aliphatic heterocycles. The van der Waals surface area contributed by atoms with E-state index >= 15 is 0 Å². The molecule has 1 aliphatic rings. The highest BCUT2D eigenvalue weighted by Crippen LogP contribution is 2.22. The average Bonchev–Trinajstić information content (AvgIpc) is 3.20. The lowest BCUT2D eigenvalue weighted by Gasteiger charge is -2.34. The van der Waals surface area contributed by atoms with Gasteiger partial charge in [0.1, 0.15) is 6.26 Å². The predicted molar refractivity (Wildman–Crippen MR) is 95.0 cm³/mol. The fourth-order valence-electron chi connectivity index (χ4n) is 2.63. The Kier molecular flexibility index (Phi) is 5.57. The van der Waals surface area contributed by atoms with Gasteiger partial charge in [0.2, 0.25) is 5.91 Å². The molecule has 1 fully saturated rings. The maximum absolute atomic E-state index is 12.3. The van der Waals surface area contributed by atoms with Crippen molar-refractivity contribution >= 4 is 29.3 Å². The number of nitro benzene ring substituents is 1. The normalized spacial score (nSPS) is 14.3. The van der Waals surface area contributed by atoms with Crippen LogP contribution in [0.4, 0.5) is 5.69 Å². The second-order valence-corrected chi connectivity index (χ2v) is 6.77. The van der Waals surface area contributed by atoms with Crippen molar-refractivity contribution < 1.29 is 18.9 Å². The van der Waals surface area contributed by atoms with Crippen molar-refractivity contribution in [2.24, 2.45) is 0 Å². The summed E-state index contributed by atoms with van der Waals surface area (Å²) in [6, 6.07) is 7.75. The summed E-state index contributed by atoms with van der Waals surface area (Å²) in [5.74, 6) is 0.155. The van der Waals surface area contributed by atoms with Gasteiger partial charge in [-0.25, -0.2) is 0 Å². The molecule has 136 valence electrons. The Labute approximate surface area is 153 Å². The molecule has 3 rings (SSSR count). The van der Waals surface area contributed by atoms with E-state index in [0.29, 0.717) is 31.7 Å². The Hall–Kier alpha value is -2.81. The molecule has 0 aliphatic carbocycles. The standard InChI is InChI=1S/C17H17N3O5S/c21-16(12-26-15-3-1-14(2-4-15)20(23)24)18-6-8-19(9-7-18)17(22)13-5-10-25-11-13/h1-5,10-11H,6-9,12H2.